The third kappa shape index (κ3) is 8.93. The van der Waals surface area contributed by atoms with Gasteiger partial charge in [-0.25, -0.2) is 13.1 Å². The second kappa shape index (κ2) is 12.2. The highest BCUT2D eigenvalue weighted by atomic mass is 127. The number of halogens is 1. The fourth-order valence-corrected chi connectivity index (χ4v) is 3.18. The highest BCUT2D eigenvalue weighted by Crippen LogP contribution is 2.15. The maximum absolute atomic E-state index is 11.0. The zero-order valence-corrected chi connectivity index (χ0v) is 19.1. The van der Waals surface area contributed by atoms with Gasteiger partial charge in [0.15, 0.2) is 5.96 Å². The first kappa shape index (κ1) is 23.7. The van der Waals surface area contributed by atoms with Gasteiger partial charge >= 0.3 is 0 Å². The highest BCUT2D eigenvalue weighted by Gasteiger charge is 2.01. The van der Waals surface area contributed by atoms with Gasteiger partial charge in [0.05, 0.1) is 6.26 Å². The number of sulfonamides is 1. The second-order valence-electron chi connectivity index (χ2n) is 6.13. The van der Waals surface area contributed by atoms with Gasteiger partial charge in [-0.05, 0) is 37.3 Å². The van der Waals surface area contributed by atoms with E-state index in [0.29, 0.717) is 19.5 Å². The van der Waals surface area contributed by atoms with Crippen LogP contribution in [-0.2, 0) is 16.6 Å². The Kier molecular flexibility index (Phi) is 10.7. The molecule has 1 aromatic heterocycles. The van der Waals surface area contributed by atoms with Crippen LogP contribution in [0.5, 0.6) is 0 Å². The minimum atomic E-state index is -3.12. The van der Waals surface area contributed by atoms with Crippen LogP contribution in [0.1, 0.15) is 19.8 Å². The molecule has 9 heteroatoms. The molecule has 1 aromatic carbocycles. The number of nitrogens with one attached hydrogen (secondary N) is 3. The normalized spacial score (nSPS) is 12.0. The first-order valence-electron chi connectivity index (χ1n) is 9.00. The Morgan fingerprint density at radius 1 is 1.11 bits per heavy atom. The number of rotatable bonds is 10. The van der Waals surface area contributed by atoms with Crippen LogP contribution >= 0.6 is 24.0 Å². The van der Waals surface area contributed by atoms with Crippen molar-refractivity contribution < 1.29 is 8.42 Å². The Balaban J connectivity index is 0.00000364. The Morgan fingerprint density at radius 3 is 2.63 bits per heavy atom. The van der Waals surface area contributed by atoms with Crippen molar-refractivity contribution in [1.29, 1.82) is 0 Å². The summed E-state index contributed by atoms with van der Waals surface area (Å²) in [4.78, 5) is 4.58. The van der Waals surface area contributed by atoms with Gasteiger partial charge in [-0.3, -0.25) is 4.99 Å². The van der Waals surface area contributed by atoms with E-state index < -0.39 is 10.0 Å². The van der Waals surface area contributed by atoms with Gasteiger partial charge in [0, 0.05) is 44.4 Å². The summed E-state index contributed by atoms with van der Waals surface area (Å²) in [6, 6.07) is 10.5. The maximum Gasteiger partial charge on any atom is 0.208 e. The summed E-state index contributed by atoms with van der Waals surface area (Å²) in [6.45, 7) is 5.55. The van der Waals surface area contributed by atoms with E-state index in [-0.39, 0.29) is 24.0 Å². The number of guanidine groups is 1. The largest absolute Gasteiger partial charge is 0.357 e. The van der Waals surface area contributed by atoms with Crippen molar-refractivity contribution in [1.82, 2.24) is 19.9 Å². The van der Waals surface area contributed by atoms with Crippen molar-refractivity contribution in [2.45, 2.75) is 26.3 Å². The Morgan fingerprint density at radius 2 is 1.89 bits per heavy atom. The third-order valence-electron chi connectivity index (χ3n) is 3.86. The van der Waals surface area contributed by atoms with Crippen LogP contribution in [0.3, 0.4) is 0 Å². The molecule has 0 saturated carbocycles. The molecule has 0 atom stereocenters. The van der Waals surface area contributed by atoms with Crippen molar-refractivity contribution in [2.75, 3.05) is 32.4 Å². The highest BCUT2D eigenvalue weighted by molar-refractivity contribution is 14.0. The van der Waals surface area contributed by atoms with Gasteiger partial charge in [-0.1, -0.05) is 18.2 Å². The Bertz CT molecular complexity index is 820. The molecule has 0 unspecified atom stereocenters. The summed E-state index contributed by atoms with van der Waals surface area (Å²) in [7, 11) is -3.12. The lowest BCUT2D eigenvalue weighted by molar-refractivity contribution is 0.584. The first-order valence-corrected chi connectivity index (χ1v) is 10.9. The van der Waals surface area contributed by atoms with Crippen LogP contribution in [0.2, 0.25) is 0 Å². The van der Waals surface area contributed by atoms with Gasteiger partial charge < -0.3 is 15.2 Å². The second-order valence-corrected chi connectivity index (χ2v) is 7.96. The van der Waals surface area contributed by atoms with Crippen LogP contribution in [0.15, 0.2) is 41.5 Å². The predicted octanol–water partition coefficient (Wildman–Crippen LogP) is 2.14. The number of fused-ring (bicyclic) bond motifs is 1. The molecule has 27 heavy (non-hydrogen) atoms. The number of aryl methyl sites for hydroxylation is 1. The SMILES string of the molecule is CCNC(=NCCCn1ccc2ccccc21)NCCCNS(C)(=O)=O.I. The van der Waals surface area contributed by atoms with Gasteiger partial charge in [0.2, 0.25) is 10.0 Å². The molecule has 1 heterocycles. The van der Waals surface area contributed by atoms with E-state index in [1.54, 1.807) is 0 Å². The summed E-state index contributed by atoms with van der Waals surface area (Å²) in [5.74, 6) is 0.768. The fourth-order valence-electron chi connectivity index (χ4n) is 2.66. The molecule has 0 bridgehead atoms. The molecule has 0 amide bonds. The predicted molar refractivity (Wildman–Crippen MR) is 123 cm³/mol. The average molecular weight is 507 g/mol. The summed E-state index contributed by atoms with van der Waals surface area (Å²) in [6.07, 6.45) is 4.93. The number of para-hydroxylation sites is 1. The molecule has 0 aliphatic rings. The number of aliphatic imine (C=N–C) groups is 1. The van der Waals surface area contributed by atoms with Crippen LogP contribution in [0, 0.1) is 0 Å². The van der Waals surface area contributed by atoms with Crippen molar-refractivity contribution in [3.05, 3.63) is 36.5 Å². The average Bonchev–Trinajstić information content (AvgIpc) is 3.00. The van der Waals surface area contributed by atoms with E-state index in [1.165, 1.54) is 17.2 Å². The topological polar surface area (TPSA) is 87.5 Å². The molecule has 2 rings (SSSR count). The monoisotopic (exact) mass is 507 g/mol. The Labute approximate surface area is 179 Å². The molecule has 7 nitrogen and oxygen atoms in total. The third-order valence-corrected chi connectivity index (χ3v) is 4.59. The zero-order valence-electron chi connectivity index (χ0n) is 15.9. The van der Waals surface area contributed by atoms with E-state index >= 15 is 0 Å². The van der Waals surface area contributed by atoms with Crippen LogP contribution in [0.25, 0.3) is 10.9 Å². The van der Waals surface area contributed by atoms with E-state index in [0.717, 1.165) is 32.0 Å². The van der Waals surface area contributed by atoms with E-state index in [2.05, 4.69) is 61.4 Å². The first-order chi connectivity index (χ1) is 12.5. The standard InChI is InChI=1S/C18H29N5O2S.HI/c1-3-19-18(20-11-6-13-22-26(2,24)25)21-12-7-14-23-15-10-16-8-4-5-9-17(16)23;/h4-5,8-10,15,22H,3,6-7,11-14H2,1-2H3,(H2,19,20,21);1H. The van der Waals surface area contributed by atoms with Crippen molar-refractivity contribution in [2.24, 2.45) is 4.99 Å². The molecule has 0 spiro atoms. The van der Waals surface area contributed by atoms with Crippen LogP contribution < -0.4 is 15.4 Å². The van der Waals surface area contributed by atoms with E-state index in [1.807, 2.05) is 6.92 Å². The van der Waals surface area contributed by atoms with Crippen LogP contribution in [0.4, 0.5) is 0 Å². The van der Waals surface area contributed by atoms with E-state index in [4.69, 9.17) is 0 Å². The quantitative estimate of drug-likeness (QED) is 0.199. The molecular weight excluding hydrogens is 477 g/mol. The molecular formula is C18H30IN5O2S. The lowest BCUT2D eigenvalue weighted by Crippen LogP contribution is -2.38. The minimum absolute atomic E-state index is 0. The molecule has 152 valence electrons. The molecule has 2 aromatic rings. The summed E-state index contributed by atoms with van der Waals surface area (Å²) < 4.78 is 26.8. The molecule has 0 saturated heterocycles. The van der Waals surface area contributed by atoms with Crippen molar-refractivity contribution in [3.8, 4) is 0 Å². The number of nitrogens with zero attached hydrogens (tertiary/aromatic N) is 2. The summed E-state index contributed by atoms with van der Waals surface area (Å²) in [5.41, 5.74) is 1.25. The molecule has 3 N–H and O–H groups in total. The van der Waals surface area contributed by atoms with Crippen molar-refractivity contribution in [3.63, 3.8) is 0 Å². The summed E-state index contributed by atoms with van der Waals surface area (Å²) in [5, 5.41) is 7.69. The molecule has 0 aliphatic heterocycles. The summed E-state index contributed by atoms with van der Waals surface area (Å²) >= 11 is 0. The van der Waals surface area contributed by atoms with Gasteiger partial charge in [-0.15, -0.1) is 24.0 Å². The number of aromatic nitrogens is 1. The number of hydrogen-bond donors (Lipinski definition) is 3. The van der Waals surface area contributed by atoms with E-state index in [9.17, 15) is 8.42 Å². The lowest BCUT2D eigenvalue weighted by Gasteiger charge is -2.11. The smallest absolute Gasteiger partial charge is 0.208 e. The van der Waals surface area contributed by atoms with Crippen LogP contribution in [-0.4, -0.2) is 51.4 Å². The fraction of sp³-hybridized carbons (Fsp3) is 0.500. The minimum Gasteiger partial charge on any atom is -0.357 e. The lowest BCUT2D eigenvalue weighted by atomic mass is 10.2. The van der Waals surface area contributed by atoms with Gasteiger partial charge in [0.25, 0.3) is 0 Å². The zero-order chi connectivity index (χ0) is 18.8. The maximum atomic E-state index is 11.0. The number of hydrogen-bond acceptors (Lipinski definition) is 3. The van der Waals surface area contributed by atoms with Gasteiger partial charge in [-0.2, -0.15) is 0 Å². The molecule has 0 aliphatic carbocycles. The van der Waals surface area contributed by atoms with Gasteiger partial charge in [0.1, 0.15) is 0 Å². The number of benzene rings is 1. The molecule has 0 fully saturated rings. The van der Waals surface area contributed by atoms with Crippen molar-refractivity contribution >= 4 is 50.9 Å². The molecule has 0 radical (unpaired) electrons. The Hall–Kier alpha value is -1.33.